The van der Waals surface area contributed by atoms with Crippen LogP contribution in [0.2, 0.25) is 0 Å². The van der Waals surface area contributed by atoms with Crippen molar-refractivity contribution in [3.8, 4) is 0 Å². The van der Waals surface area contributed by atoms with Crippen molar-refractivity contribution in [2.24, 2.45) is 5.73 Å². The number of aliphatic hydroxyl groups excluding tert-OH is 1. The molecule has 0 bridgehead atoms. The SMILES string of the molecule is C[C@@H](CN)c1ccccc1.O=C(O)[C@@H](O)c1ccccc1. The Bertz CT molecular complexity index is 528. The van der Waals surface area contributed by atoms with Gasteiger partial charge < -0.3 is 15.9 Å². The van der Waals surface area contributed by atoms with E-state index in [9.17, 15) is 4.79 Å². The largest absolute Gasteiger partial charge is 0.479 e. The molecule has 2 atom stereocenters. The van der Waals surface area contributed by atoms with Crippen LogP contribution in [0.4, 0.5) is 0 Å². The van der Waals surface area contributed by atoms with E-state index in [1.807, 2.05) is 18.2 Å². The molecule has 0 aliphatic rings. The lowest BCUT2D eigenvalue weighted by Crippen LogP contribution is -2.09. The van der Waals surface area contributed by atoms with Crippen LogP contribution in [-0.4, -0.2) is 22.7 Å². The molecule has 0 unspecified atom stereocenters. The fourth-order valence-electron chi connectivity index (χ4n) is 1.70. The van der Waals surface area contributed by atoms with Crippen LogP contribution in [0.3, 0.4) is 0 Å². The maximum Gasteiger partial charge on any atom is 0.337 e. The summed E-state index contributed by atoms with van der Waals surface area (Å²) in [6.07, 6.45) is -1.41. The van der Waals surface area contributed by atoms with E-state index in [-0.39, 0.29) is 0 Å². The Balaban J connectivity index is 0.000000211. The molecule has 0 aliphatic heterocycles. The Hall–Kier alpha value is -2.17. The Labute approximate surface area is 124 Å². The van der Waals surface area contributed by atoms with Crippen LogP contribution < -0.4 is 5.73 Å². The van der Waals surface area contributed by atoms with Gasteiger partial charge in [-0.1, -0.05) is 67.6 Å². The molecule has 0 amide bonds. The van der Waals surface area contributed by atoms with Crippen molar-refractivity contribution in [1.82, 2.24) is 0 Å². The van der Waals surface area contributed by atoms with Crippen molar-refractivity contribution in [1.29, 1.82) is 0 Å². The van der Waals surface area contributed by atoms with E-state index < -0.39 is 12.1 Å². The molecule has 0 aromatic heterocycles. The van der Waals surface area contributed by atoms with Gasteiger partial charge in [0.15, 0.2) is 6.10 Å². The Kier molecular flexibility index (Phi) is 7.15. The molecule has 0 fully saturated rings. The summed E-state index contributed by atoms with van der Waals surface area (Å²) >= 11 is 0. The maximum atomic E-state index is 10.2. The Morgan fingerprint density at radius 2 is 1.43 bits per heavy atom. The summed E-state index contributed by atoms with van der Waals surface area (Å²) in [7, 11) is 0. The number of aliphatic hydroxyl groups is 1. The summed E-state index contributed by atoms with van der Waals surface area (Å²) in [5.74, 6) is -0.739. The monoisotopic (exact) mass is 287 g/mol. The van der Waals surface area contributed by atoms with Gasteiger partial charge in [0.1, 0.15) is 0 Å². The van der Waals surface area contributed by atoms with Crippen molar-refractivity contribution in [2.75, 3.05) is 6.54 Å². The third-order valence-electron chi connectivity index (χ3n) is 3.07. The number of rotatable bonds is 4. The first kappa shape index (κ1) is 16.9. The number of nitrogens with two attached hydrogens (primary N) is 1. The number of carboxylic acids is 1. The first-order chi connectivity index (χ1) is 10.1. The van der Waals surface area contributed by atoms with E-state index >= 15 is 0 Å². The lowest BCUT2D eigenvalue weighted by atomic mass is 10.0. The second-order valence-electron chi connectivity index (χ2n) is 4.70. The van der Waals surface area contributed by atoms with Gasteiger partial charge >= 0.3 is 5.97 Å². The highest BCUT2D eigenvalue weighted by Gasteiger charge is 2.14. The van der Waals surface area contributed by atoms with Crippen LogP contribution in [0, 0.1) is 0 Å². The number of aliphatic carboxylic acids is 1. The van der Waals surface area contributed by atoms with Gasteiger partial charge in [0.2, 0.25) is 0 Å². The molecular formula is C17H21NO3. The molecule has 0 spiro atoms. The summed E-state index contributed by atoms with van der Waals surface area (Å²) in [6, 6.07) is 18.6. The highest BCUT2D eigenvalue weighted by molar-refractivity contribution is 5.73. The van der Waals surface area contributed by atoms with Crippen LogP contribution >= 0.6 is 0 Å². The second-order valence-corrected chi connectivity index (χ2v) is 4.70. The average Bonchev–Trinajstić information content (AvgIpc) is 2.55. The van der Waals surface area contributed by atoms with Gasteiger partial charge in [-0.15, -0.1) is 0 Å². The Morgan fingerprint density at radius 3 is 1.81 bits per heavy atom. The molecule has 0 radical (unpaired) electrons. The lowest BCUT2D eigenvalue weighted by Gasteiger charge is -2.06. The topological polar surface area (TPSA) is 83.6 Å². The minimum absolute atomic E-state index is 0.403. The molecule has 2 aromatic carbocycles. The molecular weight excluding hydrogens is 266 g/mol. The fraction of sp³-hybridized carbons (Fsp3) is 0.235. The molecule has 0 aliphatic carbocycles. The van der Waals surface area contributed by atoms with E-state index in [1.165, 1.54) is 5.56 Å². The van der Waals surface area contributed by atoms with Gasteiger partial charge in [-0.05, 0) is 23.6 Å². The zero-order chi connectivity index (χ0) is 15.7. The lowest BCUT2D eigenvalue weighted by molar-refractivity contribution is -0.146. The van der Waals surface area contributed by atoms with Crippen LogP contribution in [-0.2, 0) is 4.79 Å². The summed E-state index contributed by atoms with van der Waals surface area (Å²) in [6.45, 7) is 2.86. The van der Waals surface area contributed by atoms with Gasteiger partial charge in [0, 0.05) is 0 Å². The highest BCUT2D eigenvalue weighted by atomic mass is 16.4. The van der Waals surface area contributed by atoms with E-state index in [0.29, 0.717) is 11.5 Å². The van der Waals surface area contributed by atoms with Gasteiger partial charge in [0.25, 0.3) is 0 Å². The zero-order valence-corrected chi connectivity index (χ0v) is 12.0. The van der Waals surface area contributed by atoms with Crippen LogP contribution in [0.5, 0.6) is 0 Å². The Morgan fingerprint density at radius 1 is 1.00 bits per heavy atom. The smallest absolute Gasteiger partial charge is 0.337 e. The quantitative estimate of drug-likeness (QED) is 0.807. The summed E-state index contributed by atoms with van der Waals surface area (Å²) in [5.41, 5.74) is 7.23. The van der Waals surface area contributed by atoms with Gasteiger partial charge in [-0.2, -0.15) is 0 Å². The third kappa shape index (κ3) is 5.77. The molecule has 0 saturated heterocycles. The predicted molar refractivity (Wildman–Crippen MR) is 82.9 cm³/mol. The number of hydrogen-bond acceptors (Lipinski definition) is 3. The van der Waals surface area contributed by atoms with E-state index in [0.717, 1.165) is 6.54 Å². The van der Waals surface area contributed by atoms with Crippen molar-refractivity contribution in [3.05, 3.63) is 71.8 Å². The van der Waals surface area contributed by atoms with Crippen LogP contribution in [0.25, 0.3) is 0 Å². The zero-order valence-electron chi connectivity index (χ0n) is 12.0. The minimum atomic E-state index is -1.41. The molecule has 4 nitrogen and oxygen atoms in total. The number of carboxylic acid groups (broad SMARTS) is 1. The van der Waals surface area contributed by atoms with E-state index in [2.05, 4.69) is 19.1 Å². The standard InChI is InChI=1S/C9H13N.C8H8O3/c1-8(7-10)9-5-3-2-4-6-9;9-7(8(10)11)6-4-2-1-3-5-6/h2-6,8H,7,10H2,1H3;1-5,7,9H,(H,10,11)/t8-;7-/m00/s1. The summed E-state index contributed by atoms with van der Waals surface area (Å²) in [5, 5.41) is 17.4. The maximum absolute atomic E-state index is 10.2. The summed E-state index contributed by atoms with van der Waals surface area (Å²) in [4.78, 5) is 10.2. The molecule has 21 heavy (non-hydrogen) atoms. The molecule has 0 saturated carbocycles. The molecule has 112 valence electrons. The van der Waals surface area contributed by atoms with Gasteiger partial charge in [-0.25, -0.2) is 4.79 Å². The van der Waals surface area contributed by atoms with Crippen LogP contribution in [0.1, 0.15) is 30.1 Å². The number of benzene rings is 2. The molecule has 2 aromatic rings. The van der Waals surface area contributed by atoms with Crippen LogP contribution in [0.15, 0.2) is 60.7 Å². The molecule has 4 N–H and O–H groups in total. The molecule has 0 heterocycles. The second kappa shape index (κ2) is 8.89. The van der Waals surface area contributed by atoms with Gasteiger partial charge in [0.05, 0.1) is 0 Å². The van der Waals surface area contributed by atoms with Crippen molar-refractivity contribution >= 4 is 5.97 Å². The van der Waals surface area contributed by atoms with Crippen molar-refractivity contribution < 1.29 is 15.0 Å². The van der Waals surface area contributed by atoms with E-state index in [4.69, 9.17) is 15.9 Å². The highest BCUT2D eigenvalue weighted by Crippen LogP contribution is 2.12. The average molecular weight is 287 g/mol. The van der Waals surface area contributed by atoms with Gasteiger partial charge in [-0.3, -0.25) is 0 Å². The predicted octanol–water partition coefficient (Wildman–Crippen LogP) is 2.55. The minimum Gasteiger partial charge on any atom is -0.479 e. The van der Waals surface area contributed by atoms with E-state index in [1.54, 1.807) is 30.3 Å². The molecule has 4 heteroatoms. The first-order valence-corrected chi connectivity index (χ1v) is 6.77. The normalized spacial score (nSPS) is 12.7. The fourth-order valence-corrected chi connectivity index (χ4v) is 1.70. The molecule has 2 rings (SSSR count). The summed E-state index contributed by atoms with van der Waals surface area (Å²) < 4.78 is 0. The first-order valence-electron chi connectivity index (χ1n) is 6.77. The number of hydrogen-bond donors (Lipinski definition) is 3. The number of carbonyl (C=O) groups is 1. The third-order valence-corrected chi connectivity index (χ3v) is 3.07. The van der Waals surface area contributed by atoms with Crippen molar-refractivity contribution in [2.45, 2.75) is 18.9 Å². The van der Waals surface area contributed by atoms with Crippen molar-refractivity contribution in [3.63, 3.8) is 0 Å².